The summed E-state index contributed by atoms with van der Waals surface area (Å²) in [4.78, 5) is 16.7. The van der Waals surface area contributed by atoms with E-state index in [2.05, 4.69) is 10.3 Å². The van der Waals surface area contributed by atoms with Crippen LogP contribution in [0.3, 0.4) is 0 Å². The Hall–Kier alpha value is -2.28. The zero-order valence-electron chi connectivity index (χ0n) is 11.5. The largest absolute Gasteiger partial charge is 0.486 e. The average Bonchev–Trinajstić information content (AvgIpc) is 2.83. The summed E-state index contributed by atoms with van der Waals surface area (Å²) >= 11 is 1.19. The van der Waals surface area contributed by atoms with Gasteiger partial charge in [0.1, 0.15) is 18.1 Å². The molecule has 0 saturated carbocycles. The molecule has 1 aromatic heterocycles. The minimum atomic E-state index is -0.170. The number of nitrogens with two attached hydrogens (primary N) is 1. The van der Waals surface area contributed by atoms with E-state index in [9.17, 15) is 4.79 Å². The first kappa shape index (κ1) is 13.7. The lowest BCUT2D eigenvalue weighted by atomic mass is 10.2. The number of anilines is 1. The average molecular weight is 305 g/mol. The molecule has 0 atom stereocenters. The highest BCUT2D eigenvalue weighted by molar-refractivity contribution is 7.17. The van der Waals surface area contributed by atoms with E-state index < -0.39 is 0 Å². The van der Waals surface area contributed by atoms with Gasteiger partial charge in [0.2, 0.25) is 0 Å². The first-order chi connectivity index (χ1) is 10.1. The highest BCUT2D eigenvalue weighted by Gasteiger charge is 2.15. The number of ether oxygens (including phenoxy) is 2. The molecule has 0 unspecified atom stereocenters. The van der Waals surface area contributed by atoms with Gasteiger partial charge >= 0.3 is 0 Å². The van der Waals surface area contributed by atoms with Crippen molar-refractivity contribution in [1.29, 1.82) is 0 Å². The topological polar surface area (TPSA) is 86.5 Å². The van der Waals surface area contributed by atoms with Gasteiger partial charge in [-0.15, -0.1) is 0 Å². The Morgan fingerprint density at radius 1 is 1.38 bits per heavy atom. The molecule has 0 saturated heterocycles. The van der Waals surface area contributed by atoms with Crippen LogP contribution >= 0.6 is 11.3 Å². The number of fused-ring (bicyclic) bond motifs is 1. The third kappa shape index (κ3) is 2.92. The van der Waals surface area contributed by atoms with Crippen LogP contribution in [0.25, 0.3) is 0 Å². The number of carbonyl (C=O) groups excluding carboxylic acids is 1. The molecule has 0 aliphatic carbocycles. The van der Waals surface area contributed by atoms with E-state index in [1.807, 2.05) is 18.2 Å². The van der Waals surface area contributed by atoms with Gasteiger partial charge in [-0.25, -0.2) is 4.98 Å². The number of hydrogen-bond donors (Lipinski definition) is 2. The predicted octanol–water partition coefficient (Wildman–Crippen LogP) is 1.73. The Kier molecular flexibility index (Phi) is 3.66. The zero-order valence-corrected chi connectivity index (χ0v) is 12.3. The molecule has 1 aliphatic heterocycles. The van der Waals surface area contributed by atoms with Crippen molar-refractivity contribution in [2.24, 2.45) is 0 Å². The first-order valence-corrected chi connectivity index (χ1v) is 7.35. The molecule has 110 valence electrons. The van der Waals surface area contributed by atoms with Gasteiger partial charge in [-0.3, -0.25) is 4.79 Å². The van der Waals surface area contributed by atoms with E-state index in [4.69, 9.17) is 15.2 Å². The molecule has 0 spiro atoms. The summed E-state index contributed by atoms with van der Waals surface area (Å²) in [5.41, 5.74) is 7.19. The summed E-state index contributed by atoms with van der Waals surface area (Å²) in [5, 5.41) is 3.26. The minimum Gasteiger partial charge on any atom is -0.486 e. The summed E-state index contributed by atoms with van der Waals surface area (Å²) in [6.45, 7) is 3.29. The number of nitrogens with zero attached hydrogens (tertiary/aromatic N) is 1. The SMILES string of the molecule is Cc1nc(N)sc1C(=O)NCc1ccc2c(c1)OCCO2. The van der Waals surface area contributed by atoms with Gasteiger partial charge in [0, 0.05) is 6.54 Å². The van der Waals surface area contributed by atoms with Crippen LogP contribution in [0.5, 0.6) is 11.5 Å². The Balaban J connectivity index is 1.67. The molecule has 2 aromatic rings. The van der Waals surface area contributed by atoms with Crippen molar-refractivity contribution in [3.05, 3.63) is 34.3 Å². The lowest BCUT2D eigenvalue weighted by molar-refractivity contribution is 0.0954. The lowest BCUT2D eigenvalue weighted by Crippen LogP contribution is -2.23. The number of benzene rings is 1. The molecule has 3 N–H and O–H groups in total. The van der Waals surface area contributed by atoms with Gasteiger partial charge in [0.25, 0.3) is 5.91 Å². The molecule has 1 aromatic carbocycles. The summed E-state index contributed by atoms with van der Waals surface area (Å²) < 4.78 is 11.0. The molecule has 1 aliphatic rings. The fourth-order valence-corrected chi connectivity index (χ4v) is 2.84. The van der Waals surface area contributed by atoms with Crippen LogP contribution in [0.1, 0.15) is 20.9 Å². The quantitative estimate of drug-likeness (QED) is 0.902. The van der Waals surface area contributed by atoms with Crippen LogP contribution in [0.2, 0.25) is 0 Å². The van der Waals surface area contributed by atoms with Gasteiger partial charge < -0.3 is 20.5 Å². The molecule has 2 heterocycles. The number of nitrogens with one attached hydrogen (secondary N) is 1. The third-order valence-electron chi connectivity index (χ3n) is 3.08. The molecule has 3 rings (SSSR count). The maximum atomic E-state index is 12.1. The number of rotatable bonds is 3. The molecular weight excluding hydrogens is 290 g/mol. The van der Waals surface area contributed by atoms with Gasteiger partial charge in [0.15, 0.2) is 16.6 Å². The number of carbonyl (C=O) groups is 1. The number of amides is 1. The standard InChI is InChI=1S/C14H15N3O3S/c1-8-12(21-14(15)17-8)13(18)16-7-9-2-3-10-11(6-9)20-5-4-19-10/h2-3,6H,4-5,7H2,1H3,(H2,15,17)(H,16,18). The fourth-order valence-electron chi connectivity index (χ4n) is 2.09. The summed E-state index contributed by atoms with van der Waals surface area (Å²) in [7, 11) is 0. The van der Waals surface area contributed by atoms with Crippen molar-refractivity contribution in [2.75, 3.05) is 18.9 Å². The van der Waals surface area contributed by atoms with E-state index in [-0.39, 0.29) is 5.91 Å². The number of thiazole rings is 1. The van der Waals surface area contributed by atoms with Crippen molar-refractivity contribution in [3.8, 4) is 11.5 Å². The molecule has 6 nitrogen and oxygen atoms in total. The molecule has 0 radical (unpaired) electrons. The van der Waals surface area contributed by atoms with Crippen molar-refractivity contribution >= 4 is 22.4 Å². The molecule has 7 heteroatoms. The van der Waals surface area contributed by atoms with E-state index in [0.29, 0.717) is 41.2 Å². The van der Waals surface area contributed by atoms with Crippen molar-refractivity contribution in [3.63, 3.8) is 0 Å². The van der Waals surface area contributed by atoms with Crippen molar-refractivity contribution in [1.82, 2.24) is 10.3 Å². The van der Waals surface area contributed by atoms with E-state index in [1.165, 1.54) is 11.3 Å². The highest BCUT2D eigenvalue weighted by atomic mass is 32.1. The third-order valence-corrected chi connectivity index (χ3v) is 4.06. The van der Waals surface area contributed by atoms with Gasteiger partial charge in [0.05, 0.1) is 5.69 Å². The van der Waals surface area contributed by atoms with E-state index in [0.717, 1.165) is 11.3 Å². The number of nitrogen functional groups attached to an aromatic ring is 1. The Morgan fingerprint density at radius 2 is 2.14 bits per heavy atom. The number of aryl methyl sites for hydroxylation is 1. The van der Waals surface area contributed by atoms with Crippen LogP contribution in [0.4, 0.5) is 5.13 Å². The predicted molar refractivity (Wildman–Crippen MR) is 79.9 cm³/mol. The summed E-state index contributed by atoms with van der Waals surface area (Å²) in [5.74, 6) is 1.28. The Labute approximate surface area is 125 Å². The monoisotopic (exact) mass is 305 g/mol. The van der Waals surface area contributed by atoms with Crippen LogP contribution in [-0.4, -0.2) is 24.1 Å². The molecule has 0 fully saturated rings. The Morgan fingerprint density at radius 3 is 2.86 bits per heavy atom. The number of hydrogen-bond acceptors (Lipinski definition) is 6. The summed E-state index contributed by atoms with van der Waals surface area (Å²) in [6, 6.07) is 5.64. The second kappa shape index (κ2) is 5.61. The normalized spacial score (nSPS) is 13.0. The van der Waals surface area contributed by atoms with Gasteiger partial charge in [-0.05, 0) is 24.6 Å². The second-order valence-electron chi connectivity index (χ2n) is 4.63. The van der Waals surface area contributed by atoms with Crippen molar-refractivity contribution < 1.29 is 14.3 Å². The minimum absolute atomic E-state index is 0.170. The Bertz CT molecular complexity index is 684. The smallest absolute Gasteiger partial charge is 0.263 e. The maximum Gasteiger partial charge on any atom is 0.263 e. The molecular formula is C14H15N3O3S. The van der Waals surface area contributed by atoms with Crippen molar-refractivity contribution in [2.45, 2.75) is 13.5 Å². The zero-order chi connectivity index (χ0) is 14.8. The molecule has 0 bridgehead atoms. The van der Waals surface area contributed by atoms with Gasteiger partial charge in [-0.2, -0.15) is 0 Å². The second-order valence-corrected chi connectivity index (χ2v) is 5.66. The van der Waals surface area contributed by atoms with Crippen LogP contribution in [-0.2, 0) is 6.54 Å². The highest BCUT2D eigenvalue weighted by Crippen LogP contribution is 2.30. The molecule has 21 heavy (non-hydrogen) atoms. The van der Waals surface area contributed by atoms with Gasteiger partial charge in [-0.1, -0.05) is 17.4 Å². The maximum absolute atomic E-state index is 12.1. The fraction of sp³-hybridized carbons (Fsp3) is 0.286. The molecule has 1 amide bonds. The van der Waals surface area contributed by atoms with Crippen LogP contribution in [0.15, 0.2) is 18.2 Å². The van der Waals surface area contributed by atoms with E-state index in [1.54, 1.807) is 6.92 Å². The first-order valence-electron chi connectivity index (χ1n) is 6.53. The van der Waals surface area contributed by atoms with Crippen LogP contribution in [0, 0.1) is 6.92 Å². The summed E-state index contributed by atoms with van der Waals surface area (Å²) in [6.07, 6.45) is 0. The lowest BCUT2D eigenvalue weighted by Gasteiger charge is -2.18. The number of aromatic nitrogens is 1. The van der Waals surface area contributed by atoms with E-state index >= 15 is 0 Å². The van der Waals surface area contributed by atoms with Crippen LogP contribution < -0.4 is 20.5 Å².